The van der Waals surface area contributed by atoms with Gasteiger partial charge in [-0.15, -0.1) is 0 Å². The Hall–Kier alpha value is -3.58. The maximum absolute atomic E-state index is 13.5. The van der Waals surface area contributed by atoms with Crippen LogP contribution >= 0.6 is 0 Å². The van der Waals surface area contributed by atoms with Crippen molar-refractivity contribution in [2.24, 2.45) is 0 Å². The maximum Gasteiger partial charge on any atom is 0.253 e. The van der Waals surface area contributed by atoms with E-state index in [9.17, 15) is 14.0 Å². The number of hydrogen-bond acceptors (Lipinski definition) is 4. The molecule has 6 nitrogen and oxygen atoms in total. The Morgan fingerprint density at radius 1 is 1.00 bits per heavy atom. The third-order valence-corrected chi connectivity index (χ3v) is 4.65. The summed E-state index contributed by atoms with van der Waals surface area (Å²) in [6.45, 7) is 0.562. The van der Waals surface area contributed by atoms with Gasteiger partial charge >= 0.3 is 0 Å². The van der Waals surface area contributed by atoms with Crippen molar-refractivity contribution in [3.8, 4) is 0 Å². The molecule has 0 unspecified atom stereocenters. The summed E-state index contributed by atoms with van der Waals surface area (Å²) in [6.07, 6.45) is 3.59. The molecule has 0 saturated heterocycles. The fourth-order valence-electron chi connectivity index (χ4n) is 3.09. The molecule has 1 heterocycles. The number of nitrogens with one attached hydrogen (secondary N) is 1. The van der Waals surface area contributed by atoms with Crippen LogP contribution in [-0.4, -0.2) is 30.5 Å². The molecule has 0 aliphatic carbocycles. The van der Waals surface area contributed by atoms with E-state index in [0.717, 1.165) is 11.1 Å². The minimum absolute atomic E-state index is 0.0888. The molecule has 1 N–H and O–H groups in total. The molecule has 3 aromatic rings. The summed E-state index contributed by atoms with van der Waals surface area (Å²) >= 11 is 0. The fraction of sp³-hybridized carbons (Fsp3) is 0.208. The molecule has 0 radical (unpaired) electrons. The summed E-state index contributed by atoms with van der Waals surface area (Å²) in [7, 11) is 1.45. The van der Waals surface area contributed by atoms with Gasteiger partial charge in [-0.2, -0.15) is 0 Å². The van der Waals surface area contributed by atoms with Crippen LogP contribution in [0.4, 0.5) is 10.1 Å². The molecule has 1 aromatic heterocycles. The first-order valence-corrected chi connectivity index (χ1v) is 9.83. The Morgan fingerprint density at radius 2 is 1.74 bits per heavy atom. The third kappa shape index (κ3) is 6.72. The predicted molar refractivity (Wildman–Crippen MR) is 116 cm³/mol. The first-order valence-electron chi connectivity index (χ1n) is 9.83. The number of rotatable bonds is 9. The molecule has 0 bridgehead atoms. The Morgan fingerprint density at radius 3 is 2.42 bits per heavy atom. The average molecular weight is 421 g/mol. The smallest absolute Gasteiger partial charge is 0.253 e. The van der Waals surface area contributed by atoms with Gasteiger partial charge in [0.25, 0.3) is 5.91 Å². The van der Waals surface area contributed by atoms with E-state index in [1.807, 2.05) is 12.1 Å². The normalized spacial score (nSPS) is 10.5. The van der Waals surface area contributed by atoms with E-state index >= 15 is 0 Å². The van der Waals surface area contributed by atoms with E-state index in [1.54, 1.807) is 48.8 Å². The molecular weight excluding hydrogens is 397 g/mol. The van der Waals surface area contributed by atoms with Gasteiger partial charge in [0.1, 0.15) is 12.4 Å². The number of nitrogens with zero attached hydrogens (tertiary/aromatic N) is 2. The first kappa shape index (κ1) is 22.1. The second-order valence-electron chi connectivity index (χ2n) is 7.02. The van der Waals surface area contributed by atoms with Gasteiger partial charge in [0.05, 0.1) is 13.0 Å². The molecular formula is C24H24FN3O3. The van der Waals surface area contributed by atoms with Crippen molar-refractivity contribution in [1.82, 2.24) is 10.3 Å². The lowest BCUT2D eigenvalue weighted by molar-refractivity contribution is -0.122. The first-order chi connectivity index (χ1) is 15.0. The van der Waals surface area contributed by atoms with Crippen LogP contribution in [0.2, 0.25) is 0 Å². The third-order valence-electron chi connectivity index (χ3n) is 4.65. The molecule has 0 fully saturated rings. The van der Waals surface area contributed by atoms with E-state index in [0.29, 0.717) is 17.8 Å². The van der Waals surface area contributed by atoms with E-state index in [4.69, 9.17) is 4.74 Å². The van der Waals surface area contributed by atoms with Crippen LogP contribution < -0.4 is 10.2 Å². The standard InChI is InChI=1S/C24H24FN3O3/c1-31-17-24(30)28(16-20-3-2-4-21(25)13-20)22-7-5-18(6-8-22)14-23(29)27-15-19-9-11-26-12-10-19/h2-13H,14-17H2,1H3,(H,27,29). The summed E-state index contributed by atoms with van der Waals surface area (Å²) in [5.41, 5.74) is 3.11. The number of halogens is 1. The number of carbonyl (C=O) groups excluding carboxylic acids is 2. The number of ether oxygens (including phenoxy) is 1. The Balaban J connectivity index is 1.65. The van der Waals surface area contributed by atoms with Crippen molar-refractivity contribution < 1.29 is 18.7 Å². The number of carbonyl (C=O) groups is 2. The second kappa shape index (κ2) is 11.0. The average Bonchev–Trinajstić information content (AvgIpc) is 2.78. The largest absolute Gasteiger partial charge is 0.375 e. The summed E-state index contributed by atoms with van der Waals surface area (Å²) in [4.78, 5) is 30.3. The molecule has 2 aromatic carbocycles. The van der Waals surface area contributed by atoms with Crippen molar-refractivity contribution >= 4 is 17.5 Å². The van der Waals surface area contributed by atoms with E-state index in [-0.39, 0.29) is 37.2 Å². The molecule has 3 rings (SSSR count). The number of methoxy groups -OCH3 is 1. The number of aromatic nitrogens is 1. The quantitative estimate of drug-likeness (QED) is 0.576. The lowest BCUT2D eigenvalue weighted by Gasteiger charge is -2.23. The molecule has 2 amide bonds. The number of hydrogen-bond donors (Lipinski definition) is 1. The van der Waals surface area contributed by atoms with Crippen LogP contribution in [0.1, 0.15) is 16.7 Å². The van der Waals surface area contributed by atoms with Gasteiger partial charge in [-0.3, -0.25) is 14.6 Å². The van der Waals surface area contributed by atoms with Gasteiger partial charge in [-0.1, -0.05) is 24.3 Å². The lowest BCUT2D eigenvalue weighted by atomic mass is 10.1. The van der Waals surface area contributed by atoms with Gasteiger partial charge in [0.2, 0.25) is 5.91 Å². The number of pyridine rings is 1. The number of anilines is 1. The van der Waals surface area contributed by atoms with Crippen LogP contribution in [0.25, 0.3) is 0 Å². The van der Waals surface area contributed by atoms with Crippen molar-refractivity contribution in [2.45, 2.75) is 19.5 Å². The molecule has 0 aliphatic rings. The molecule has 7 heteroatoms. The summed E-state index contributed by atoms with van der Waals surface area (Å²) in [5, 5.41) is 2.87. The predicted octanol–water partition coefficient (Wildman–Crippen LogP) is 3.26. The minimum atomic E-state index is -0.357. The molecule has 31 heavy (non-hydrogen) atoms. The van der Waals surface area contributed by atoms with Crippen LogP contribution in [0.15, 0.2) is 73.1 Å². The highest BCUT2D eigenvalue weighted by molar-refractivity contribution is 5.94. The molecule has 0 spiro atoms. The van der Waals surface area contributed by atoms with Crippen LogP contribution in [0, 0.1) is 5.82 Å². The topological polar surface area (TPSA) is 71.5 Å². The Bertz CT molecular complexity index is 1010. The van der Waals surface area contributed by atoms with Crippen molar-refractivity contribution in [1.29, 1.82) is 0 Å². The molecule has 0 atom stereocenters. The van der Waals surface area contributed by atoms with Gasteiger partial charge in [0, 0.05) is 31.7 Å². The Kier molecular flexibility index (Phi) is 7.84. The minimum Gasteiger partial charge on any atom is -0.375 e. The zero-order valence-electron chi connectivity index (χ0n) is 17.3. The van der Waals surface area contributed by atoms with E-state index < -0.39 is 0 Å². The maximum atomic E-state index is 13.5. The van der Waals surface area contributed by atoms with Gasteiger partial charge in [-0.25, -0.2) is 4.39 Å². The SMILES string of the molecule is COCC(=O)N(Cc1cccc(F)c1)c1ccc(CC(=O)NCc2ccncc2)cc1. The lowest BCUT2D eigenvalue weighted by Crippen LogP contribution is -2.33. The highest BCUT2D eigenvalue weighted by atomic mass is 19.1. The van der Waals surface area contributed by atoms with Crippen LogP contribution in [-0.2, 0) is 33.8 Å². The highest BCUT2D eigenvalue weighted by Crippen LogP contribution is 2.19. The monoisotopic (exact) mass is 421 g/mol. The Labute approximate surface area is 180 Å². The van der Waals surface area contributed by atoms with Crippen LogP contribution in [0.3, 0.4) is 0 Å². The zero-order valence-corrected chi connectivity index (χ0v) is 17.3. The zero-order chi connectivity index (χ0) is 22.1. The number of amides is 2. The summed E-state index contributed by atoms with van der Waals surface area (Å²) in [6, 6.07) is 17.0. The van der Waals surface area contributed by atoms with Crippen LogP contribution in [0.5, 0.6) is 0 Å². The highest BCUT2D eigenvalue weighted by Gasteiger charge is 2.17. The van der Waals surface area contributed by atoms with E-state index in [1.165, 1.54) is 24.1 Å². The van der Waals surface area contributed by atoms with Gasteiger partial charge < -0.3 is 15.0 Å². The van der Waals surface area contributed by atoms with Gasteiger partial charge in [-0.05, 0) is 53.1 Å². The number of benzene rings is 2. The van der Waals surface area contributed by atoms with Crippen molar-refractivity contribution in [2.75, 3.05) is 18.6 Å². The van der Waals surface area contributed by atoms with Gasteiger partial charge in [0.15, 0.2) is 0 Å². The fourth-order valence-corrected chi connectivity index (χ4v) is 3.09. The van der Waals surface area contributed by atoms with Crippen molar-refractivity contribution in [3.63, 3.8) is 0 Å². The summed E-state index contributed by atoms with van der Waals surface area (Å²) in [5.74, 6) is -0.698. The molecule has 0 saturated carbocycles. The second-order valence-corrected chi connectivity index (χ2v) is 7.02. The van der Waals surface area contributed by atoms with E-state index in [2.05, 4.69) is 10.3 Å². The summed E-state index contributed by atoms with van der Waals surface area (Å²) < 4.78 is 18.5. The van der Waals surface area contributed by atoms with Crippen molar-refractivity contribution in [3.05, 3.63) is 95.6 Å². The molecule has 160 valence electrons. The molecule has 0 aliphatic heterocycles.